The number of hydrogen-bond acceptors (Lipinski definition) is 5. The fourth-order valence-electron chi connectivity index (χ4n) is 2.75. The number of thioether (sulfide) groups is 1. The molecule has 2 saturated heterocycles. The van der Waals surface area contributed by atoms with Gasteiger partial charge in [0.2, 0.25) is 0 Å². The number of carbonyl (C=O) groups is 1. The number of carbonyl (C=O) groups excluding carboxylic acids is 1. The Kier molecular flexibility index (Phi) is 4.82. The van der Waals surface area contributed by atoms with Gasteiger partial charge in [0, 0.05) is 22.5 Å². The van der Waals surface area contributed by atoms with E-state index in [1.165, 1.54) is 18.9 Å². The molecule has 0 N–H and O–H groups in total. The lowest BCUT2D eigenvalue weighted by Gasteiger charge is -2.24. The lowest BCUT2D eigenvalue weighted by Crippen LogP contribution is -2.37. The molecule has 2 aliphatic rings. The van der Waals surface area contributed by atoms with Gasteiger partial charge in [-0.15, -0.1) is 0 Å². The molecule has 0 unspecified atom stereocenters. The Balaban J connectivity index is 1.99. The second-order valence-electron chi connectivity index (χ2n) is 5.37. The first-order valence-corrected chi connectivity index (χ1v) is 10.4. The number of amidine groups is 1. The Morgan fingerprint density at radius 3 is 2.96 bits per heavy atom. The number of hydrogen-bond donors (Lipinski definition) is 0. The third kappa shape index (κ3) is 3.62. The number of ether oxygens (including phenoxy) is 1. The zero-order valence-electron chi connectivity index (χ0n) is 12.3. The first kappa shape index (κ1) is 16.9. The third-order valence-electron chi connectivity index (χ3n) is 3.64. The summed E-state index contributed by atoms with van der Waals surface area (Å²) in [5.41, 5.74) is 0.820. The van der Waals surface area contributed by atoms with E-state index >= 15 is 0 Å². The van der Waals surface area contributed by atoms with Crippen molar-refractivity contribution in [2.24, 2.45) is 4.99 Å². The number of anilines is 1. The van der Waals surface area contributed by atoms with Gasteiger partial charge >= 0.3 is 0 Å². The molecular weight excluding hydrogens is 404 g/mol. The van der Waals surface area contributed by atoms with Crippen molar-refractivity contribution in [1.82, 2.24) is 0 Å². The molecule has 0 bridgehead atoms. The van der Waals surface area contributed by atoms with Crippen molar-refractivity contribution < 1.29 is 17.9 Å². The number of methoxy groups -OCH3 is 1. The van der Waals surface area contributed by atoms with Crippen LogP contribution in [-0.4, -0.2) is 56.0 Å². The van der Waals surface area contributed by atoms with Crippen LogP contribution in [0.15, 0.2) is 33.7 Å². The van der Waals surface area contributed by atoms with E-state index in [0.29, 0.717) is 5.17 Å². The average molecular weight is 419 g/mol. The molecule has 1 amide bonds. The summed E-state index contributed by atoms with van der Waals surface area (Å²) in [5.74, 6) is -0.184. The van der Waals surface area contributed by atoms with Crippen LogP contribution < -0.4 is 4.90 Å². The fraction of sp³-hybridized carbons (Fsp3) is 0.429. The molecule has 124 valence electrons. The largest absolute Gasteiger partial charge is 0.375 e. The Bertz CT molecular complexity index is 766. The van der Waals surface area contributed by atoms with Gasteiger partial charge in [-0.1, -0.05) is 33.8 Å². The van der Waals surface area contributed by atoms with E-state index < -0.39 is 9.84 Å². The van der Waals surface area contributed by atoms with Crippen LogP contribution in [0, 0.1) is 0 Å². The third-order valence-corrected chi connectivity index (χ3v) is 7.34. The van der Waals surface area contributed by atoms with E-state index in [-0.39, 0.29) is 35.3 Å². The van der Waals surface area contributed by atoms with Gasteiger partial charge in [-0.05, 0) is 18.2 Å². The number of nitrogens with zero attached hydrogens (tertiary/aromatic N) is 2. The van der Waals surface area contributed by atoms with Crippen molar-refractivity contribution in [3.8, 4) is 0 Å². The van der Waals surface area contributed by atoms with Gasteiger partial charge in [0.15, 0.2) is 15.0 Å². The molecule has 6 nitrogen and oxygen atoms in total. The number of rotatable bonds is 3. The SMILES string of the molecule is COCC(=O)N=C1S[C@@H]2CS(=O)(=O)C[C@@H]2N1c1cccc(Br)c1. The van der Waals surface area contributed by atoms with Gasteiger partial charge in [0.25, 0.3) is 5.91 Å². The molecule has 2 heterocycles. The van der Waals surface area contributed by atoms with E-state index in [9.17, 15) is 13.2 Å². The van der Waals surface area contributed by atoms with Crippen LogP contribution in [-0.2, 0) is 19.4 Å². The molecule has 3 rings (SSSR count). The minimum atomic E-state index is -3.06. The molecule has 0 saturated carbocycles. The summed E-state index contributed by atoms with van der Waals surface area (Å²) in [6, 6.07) is 7.34. The predicted octanol–water partition coefficient (Wildman–Crippen LogP) is 1.70. The molecule has 9 heteroatoms. The zero-order chi connectivity index (χ0) is 16.6. The highest BCUT2D eigenvalue weighted by atomic mass is 79.9. The van der Waals surface area contributed by atoms with Crippen molar-refractivity contribution in [2.75, 3.05) is 30.1 Å². The lowest BCUT2D eigenvalue weighted by molar-refractivity contribution is -0.121. The quantitative estimate of drug-likeness (QED) is 0.743. The van der Waals surface area contributed by atoms with E-state index in [4.69, 9.17) is 4.74 Å². The predicted molar refractivity (Wildman–Crippen MR) is 94.8 cm³/mol. The molecule has 0 aliphatic carbocycles. The Labute approximate surface area is 147 Å². The molecule has 1 aromatic rings. The molecule has 23 heavy (non-hydrogen) atoms. The highest BCUT2D eigenvalue weighted by Crippen LogP contribution is 2.41. The molecule has 0 spiro atoms. The average Bonchev–Trinajstić information content (AvgIpc) is 2.89. The molecule has 1 aromatic carbocycles. The monoisotopic (exact) mass is 418 g/mol. The number of fused-ring (bicyclic) bond motifs is 1. The van der Waals surface area contributed by atoms with E-state index in [1.807, 2.05) is 29.2 Å². The summed E-state index contributed by atoms with van der Waals surface area (Å²) >= 11 is 4.77. The van der Waals surface area contributed by atoms with Crippen molar-refractivity contribution in [1.29, 1.82) is 0 Å². The molecule has 2 atom stereocenters. The molecule has 2 aliphatic heterocycles. The summed E-state index contributed by atoms with van der Waals surface area (Å²) in [6.07, 6.45) is 0. The van der Waals surface area contributed by atoms with Crippen molar-refractivity contribution >= 4 is 54.3 Å². The van der Waals surface area contributed by atoms with Gasteiger partial charge in [-0.25, -0.2) is 8.42 Å². The minimum Gasteiger partial charge on any atom is -0.375 e. The standard InChI is InChI=1S/C14H15BrN2O4S2/c1-21-6-13(18)16-14-17(10-4-2-3-9(15)5-10)11-7-23(19,20)8-12(11)22-14/h2-5,11-12H,6-8H2,1H3/t11-,12+/m0/s1. The number of benzene rings is 1. The number of sulfone groups is 1. The second-order valence-corrected chi connectivity index (χ2v) is 9.65. The van der Waals surface area contributed by atoms with E-state index in [2.05, 4.69) is 20.9 Å². The summed E-state index contributed by atoms with van der Waals surface area (Å²) in [7, 11) is -1.62. The van der Waals surface area contributed by atoms with Crippen LogP contribution in [0.25, 0.3) is 0 Å². The molecule has 0 radical (unpaired) electrons. The van der Waals surface area contributed by atoms with Crippen molar-refractivity contribution in [3.63, 3.8) is 0 Å². The second kappa shape index (κ2) is 6.54. The smallest absolute Gasteiger partial charge is 0.274 e. The van der Waals surface area contributed by atoms with E-state index in [0.717, 1.165) is 10.2 Å². The summed E-state index contributed by atoms with van der Waals surface area (Å²) in [4.78, 5) is 17.8. The highest BCUT2D eigenvalue weighted by Gasteiger charge is 2.49. The lowest BCUT2D eigenvalue weighted by atomic mass is 10.2. The van der Waals surface area contributed by atoms with Gasteiger partial charge in [0.05, 0.1) is 17.5 Å². The highest BCUT2D eigenvalue weighted by molar-refractivity contribution is 9.10. The maximum atomic E-state index is 11.9. The maximum absolute atomic E-state index is 11.9. The Morgan fingerprint density at radius 2 is 2.26 bits per heavy atom. The minimum absolute atomic E-state index is 0.0780. The van der Waals surface area contributed by atoms with Crippen LogP contribution in [0.2, 0.25) is 0 Å². The van der Waals surface area contributed by atoms with Crippen molar-refractivity contribution in [2.45, 2.75) is 11.3 Å². The zero-order valence-corrected chi connectivity index (χ0v) is 15.5. The van der Waals surface area contributed by atoms with Crippen LogP contribution in [0.1, 0.15) is 0 Å². The Morgan fingerprint density at radius 1 is 1.48 bits per heavy atom. The molecule has 0 aromatic heterocycles. The van der Waals surface area contributed by atoms with E-state index in [1.54, 1.807) is 0 Å². The van der Waals surface area contributed by atoms with Crippen LogP contribution >= 0.6 is 27.7 Å². The van der Waals surface area contributed by atoms with Crippen molar-refractivity contribution in [3.05, 3.63) is 28.7 Å². The van der Waals surface area contributed by atoms with Gasteiger partial charge in [-0.2, -0.15) is 4.99 Å². The first-order chi connectivity index (χ1) is 10.9. The van der Waals surface area contributed by atoms with Gasteiger partial charge < -0.3 is 9.64 Å². The Hall–Kier alpha value is -0.900. The number of halogens is 1. The van der Waals surface area contributed by atoms with Crippen LogP contribution in [0.5, 0.6) is 0 Å². The fourth-order valence-corrected chi connectivity index (χ4v) is 7.07. The summed E-state index contributed by atoms with van der Waals surface area (Å²) < 4.78 is 29.6. The summed E-state index contributed by atoms with van der Waals surface area (Å²) in [6.45, 7) is -0.0932. The van der Waals surface area contributed by atoms with Crippen LogP contribution in [0.3, 0.4) is 0 Å². The first-order valence-electron chi connectivity index (χ1n) is 6.92. The number of aliphatic imine (C=N–C) groups is 1. The van der Waals surface area contributed by atoms with Crippen LogP contribution in [0.4, 0.5) is 5.69 Å². The molecule has 2 fully saturated rings. The number of amides is 1. The topological polar surface area (TPSA) is 76.0 Å². The summed E-state index contributed by atoms with van der Waals surface area (Å²) in [5, 5.41) is 0.433. The normalized spacial score (nSPS) is 27.4. The van der Waals surface area contributed by atoms with Gasteiger partial charge in [0.1, 0.15) is 6.61 Å². The maximum Gasteiger partial charge on any atom is 0.274 e. The molecular formula is C14H15BrN2O4S2. The van der Waals surface area contributed by atoms with Gasteiger partial charge in [-0.3, -0.25) is 4.79 Å².